The van der Waals surface area contributed by atoms with Gasteiger partial charge in [0.25, 0.3) is 0 Å². The van der Waals surface area contributed by atoms with E-state index in [1.165, 1.54) is 0 Å². The first-order valence-corrected chi connectivity index (χ1v) is 9.56. The van der Waals surface area contributed by atoms with Crippen molar-refractivity contribution < 1.29 is 9.90 Å². The first-order chi connectivity index (χ1) is 13.2. The molecular formula is C21H22N4O2. The molecule has 3 aromatic rings. The van der Waals surface area contributed by atoms with Gasteiger partial charge in [-0.25, -0.2) is 4.98 Å². The van der Waals surface area contributed by atoms with Crippen molar-refractivity contribution in [3.63, 3.8) is 0 Å². The Morgan fingerprint density at radius 1 is 1.15 bits per heavy atom. The van der Waals surface area contributed by atoms with Gasteiger partial charge in [0.15, 0.2) is 0 Å². The molecule has 0 atom stereocenters. The summed E-state index contributed by atoms with van der Waals surface area (Å²) >= 11 is 0. The summed E-state index contributed by atoms with van der Waals surface area (Å²) in [7, 11) is 0. The van der Waals surface area contributed by atoms with Gasteiger partial charge in [-0.3, -0.25) is 9.78 Å². The lowest BCUT2D eigenvalue weighted by molar-refractivity contribution is -0.120. The van der Waals surface area contributed by atoms with Crippen LogP contribution in [0.5, 0.6) is 0 Å². The highest BCUT2D eigenvalue weighted by molar-refractivity contribution is 6.09. The summed E-state index contributed by atoms with van der Waals surface area (Å²) in [5.74, 6) is 1.06. The zero-order valence-corrected chi connectivity index (χ0v) is 15.1. The molecule has 1 N–H and O–H groups in total. The Morgan fingerprint density at radius 2 is 2.00 bits per heavy atom. The van der Waals surface area contributed by atoms with Crippen LogP contribution >= 0.6 is 0 Å². The van der Waals surface area contributed by atoms with Gasteiger partial charge in [0.05, 0.1) is 34.9 Å². The van der Waals surface area contributed by atoms with Crippen LogP contribution in [0.3, 0.4) is 0 Å². The fourth-order valence-corrected chi connectivity index (χ4v) is 4.27. The monoisotopic (exact) mass is 362 g/mol. The van der Waals surface area contributed by atoms with E-state index in [2.05, 4.69) is 15.6 Å². The smallest absolute Gasteiger partial charge is 0.238 e. The molecule has 1 saturated carbocycles. The number of carbonyl (C=O) groups is 1. The zero-order valence-electron chi connectivity index (χ0n) is 15.1. The summed E-state index contributed by atoms with van der Waals surface area (Å²) < 4.78 is 2.19. The van der Waals surface area contributed by atoms with Crippen LogP contribution in [-0.4, -0.2) is 32.2 Å². The average Bonchev–Trinajstić information content (AvgIpc) is 3.39. The minimum absolute atomic E-state index is 0.180. The van der Waals surface area contributed by atoms with Crippen molar-refractivity contribution in [2.45, 2.75) is 44.2 Å². The van der Waals surface area contributed by atoms with Crippen molar-refractivity contribution in [3.05, 3.63) is 54.1 Å². The van der Waals surface area contributed by atoms with Crippen molar-refractivity contribution in [3.8, 4) is 0 Å². The molecule has 5 rings (SSSR count). The summed E-state index contributed by atoms with van der Waals surface area (Å²) in [5, 5.41) is 9.13. The molecule has 1 aliphatic carbocycles. The molecule has 1 aliphatic heterocycles. The molecule has 1 aromatic carbocycles. The van der Waals surface area contributed by atoms with Crippen molar-refractivity contribution in [1.29, 1.82) is 0 Å². The number of amides is 1. The van der Waals surface area contributed by atoms with E-state index >= 15 is 0 Å². The first-order valence-electron chi connectivity index (χ1n) is 9.56. The number of aryl methyl sites for hydroxylation is 1. The van der Waals surface area contributed by atoms with Gasteiger partial charge in [0.2, 0.25) is 5.91 Å². The summed E-state index contributed by atoms with van der Waals surface area (Å²) in [6.07, 6.45) is 7.06. The number of imidazole rings is 1. The van der Waals surface area contributed by atoms with Gasteiger partial charge in [0, 0.05) is 19.3 Å². The fraction of sp³-hybridized carbons (Fsp3) is 0.381. The minimum atomic E-state index is -0.313. The fourth-order valence-electron chi connectivity index (χ4n) is 4.27. The number of pyridine rings is 1. The van der Waals surface area contributed by atoms with Crippen LogP contribution in [0, 0.1) is 0 Å². The molecule has 0 bridgehead atoms. The number of para-hydroxylation sites is 2. The number of carbonyl (C=O) groups excluding carboxylic acids is 1. The number of nitrogens with zero attached hydrogens (tertiary/aromatic N) is 4. The Balaban J connectivity index is 1.53. The second kappa shape index (κ2) is 6.16. The summed E-state index contributed by atoms with van der Waals surface area (Å²) in [6, 6.07) is 10.1. The number of aliphatic hydroxyl groups excluding tert-OH is 1. The number of hydrogen-bond donors (Lipinski definition) is 1. The maximum atomic E-state index is 13.2. The van der Waals surface area contributed by atoms with E-state index in [-0.39, 0.29) is 17.9 Å². The maximum absolute atomic E-state index is 13.2. The molecule has 2 aromatic heterocycles. The zero-order chi connectivity index (χ0) is 18.4. The van der Waals surface area contributed by atoms with Gasteiger partial charge in [-0.1, -0.05) is 12.1 Å². The number of fused-ring (bicyclic) bond motifs is 3. The van der Waals surface area contributed by atoms with Crippen molar-refractivity contribution >= 4 is 22.6 Å². The Hall–Kier alpha value is -2.73. The number of hydrogen-bond acceptors (Lipinski definition) is 4. The maximum Gasteiger partial charge on any atom is 0.238 e. The molecule has 138 valence electrons. The molecule has 0 saturated heterocycles. The number of benzene rings is 1. The van der Waals surface area contributed by atoms with Gasteiger partial charge in [-0.15, -0.1) is 0 Å². The molecule has 6 heteroatoms. The lowest BCUT2D eigenvalue weighted by Crippen LogP contribution is -2.32. The molecule has 1 fully saturated rings. The molecule has 27 heavy (non-hydrogen) atoms. The molecular weight excluding hydrogens is 340 g/mol. The third-order valence-corrected chi connectivity index (χ3v) is 5.83. The van der Waals surface area contributed by atoms with E-state index in [9.17, 15) is 4.79 Å². The van der Waals surface area contributed by atoms with Crippen LogP contribution in [0.1, 0.15) is 37.1 Å². The first kappa shape index (κ1) is 16.4. The van der Waals surface area contributed by atoms with Crippen molar-refractivity contribution in [2.75, 3.05) is 11.5 Å². The van der Waals surface area contributed by atoms with Crippen LogP contribution < -0.4 is 4.90 Å². The highest BCUT2D eigenvalue weighted by atomic mass is 16.3. The van der Waals surface area contributed by atoms with E-state index in [0.29, 0.717) is 6.54 Å². The van der Waals surface area contributed by atoms with Crippen LogP contribution in [0.2, 0.25) is 0 Å². The SMILES string of the molecule is O=C1N(Cc2nc3ccccc3n2CCCCO)c2cnccc2C12CC2. The summed E-state index contributed by atoms with van der Waals surface area (Å²) in [4.78, 5) is 24.1. The third-order valence-electron chi connectivity index (χ3n) is 5.83. The number of aromatic nitrogens is 3. The van der Waals surface area contributed by atoms with Gasteiger partial charge in [0.1, 0.15) is 5.82 Å². The Labute approximate surface area is 157 Å². The van der Waals surface area contributed by atoms with Crippen LogP contribution in [0.25, 0.3) is 11.0 Å². The minimum Gasteiger partial charge on any atom is -0.396 e. The molecule has 0 radical (unpaired) electrons. The van der Waals surface area contributed by atoms with Gasteiger partial charge < -0.3 is 14.6 Å². The molecule has 0 unspecified atom stereocenters. The summed E-state index contributed by atoms with van der Waals surface area (Å²) in [6.45, 7) is 1.42. The lowest BCUT2D eigenvalue weighted by atomic mass is 9.99. The highest BCUT2D eigenvalue weighted by Gasteiger charge is 2.59. The predicted octanol–water partition coefficient (Wildman–Crippen LogP) is 2.78. The average molecular weight is 362 g/mol. The third kappa shape index (κ3) is 2.47. The second-order valence-electron chi connectivity index (χ2n) is 7.47. The molecule has 1 amide bonds. The van der Waals surface area contributed by atoms with Crippen molar-refractivity contribution in [2.24, 2.45) is 0 Å². The standard InChI is InChI=1S/C21H22N4O2/c26-12-4-3-11-24-17-6-2-1-5-16(17)23-19(24)14-25-18-13-22-10-7-15(18)21(8-9-21)20(25)27/h1-2,5-7,10,13,26H,3-4,8-9,11-12,14H2. The molecule has 6 nitrogen and oxygen atoms in total. The Morgan fingerprint density at radius 3 is 2.81 bits per heavy atom. The van der Waals surface area contributed by atoms with E-state index < -0.39 is 0 Å². The normalized spacial score (nSPS) is 17.1. The molecule has 1 spiro atoms. The second-order valence-corrected chi connectivity index (χ2v) is 7.47. The van der Waals surface area contributed by atoms with Gasteiger partial charge >= 0.3 is 0 Å². The molecule has 3 heterocycles. The van der Waals surface area contributed by atoms with Crippen LogP contribution in [-0.2, 0) is 23.3 Å². The number of aliphatic hydroxyl groups is 1. The molecule has 2 aliphatic rings. The van der Waals surface area contributed by atoms with E-state index in [0.717, 1.165) is 60.3 Å². The number of rotatable bonds is 6. The van der Waals surface area contributed by atoms with Gasteiger partial charge in [-0.2, -0.15) is 0 Å². The number of unbranched alkanes of at least 4 members (excludes halogenated alkanes) is 1. The lowest BCUT2D eigenvalue weighted by Gasteiger charge is -2.18. The highest BCUT2D eigenvalue weighted by Crippen LogP contribution is 2.57. The Bertz CT molecular complexity index is 1020. The van der Waals surface area contributed by atoms with Crippen LogP contribution in [0.15, 0.2) is 42.7 Å². The topological polar surface area (TPSA) is 71.2 Å². The largest absolute Gasteiger partial charge is 0.396 e. The number of anilines is 1. The van der Waals surface area contributed by atoms with Crippen LogP contribution in [0.4, 0.5) is 5.69 Å². The van der Waals surface area contributed by atoms with E-state index in [1.54, 1.807) is 12.4 Å². The quantitative estimate of drug-likeness (QED) is 0.685. The Kier molecular flexibility index (Phi) is 3.75. The van der Waals surface area contributed by atoms with Crippen molar-refractivity contribution in [1.82, 2.24) is 14.5 Å². The van der Waals surface area contributed by atoms with Gasteiger partial charge in [-0.05, 0) is 49.4 Å². The predicted molar refractivity (Wildman–Crippen MR) is 102 cm³/mol. The van der Waals surface area contributed by atoms with E-state index in [1.807, 2.05) is 29.2 Å². The van der Waals surface area contributed by atoms with E-state index in [4.69, 9.17) is 10.1 Å². The summed E-state index contributed by atoms with van der Waals surface area (Å²) in [5.41, 5.74) is 3.74.